The molecule has 0 spiro atoms. The van der Waals surface area contributed by atoms with Crippen molar-refractivity contribution in [2.45, 2.75) is 78.1 Å². The number of para-hydroxylation sites is 2. The van der Waals surface area contributed by atoms with Gasteiger partial charge in [0.15, 0.2) is 0 Å². The smallest absolute Gasteiger partial charge is 0.0714 e. The molecular weight excluding hydrogens is 1790 g/mol. The number of nitrogens with zero attached hydrogens (tertiary/aromatic N) is 4. The Morgan fingerprint density at radius 1 is 0.182 bits per heavy atom. The van der Waals surface area contributed by atoms with E-state index in [2.05, 4.69) is 582 Å². The molecule has 2 aliphatic carbocycles. The van der Waals surface area contributed by atoms with Crippen molar-refractivity contribution in [1.29, 1.82) is 0 Å². The van der Waals surface area contributed by atoms with Crippen molar-refractivity contribution in [3.8, 4) is 123 Å². The van der Waals surface area contributed by atoms with Crippen molar-refractivity contribution in [3.05, 3.63) is 577 Å². The number of benzene rings is 22. The van der Waals surface area contributed by atoms with E-state index in [-0.39, 0.29) is 5.41 Å². The van der Waals surface area contributed by atoms with E-state index in [4.69, 9.17) is 0 Å². The van der Waals surface area contributed by atoms with Gasteiger partial charge in [0.2, 0.25) is 0 Å². The molecule has 22 aromatic carbocycles. The lowest BCUT2D eigenvalue weighted by Crippen LogP contribution is -2.28. The number of hydrogen-bond donors (Lipinski definition) is 0. The third kappa shape index (κ3) is 16.3. The minimum Gasteiger partial charge on any atom is -0.310 e. The summed E-state index contributed by atoms with van der Waals surface area (Å²) in [6.07, 6.45) is 4.10. The molecule has 148 heavy (non-hydrogen) atoms. The lowest BCUT2D eigenvalue weighted by Gasteiger charge is -2.35. The SMILES string of the molecule is CCc1ccc2c(c1)c1cc(CC)ccc1n2-c1ccc(-c2ccc(-c3ccc(N(c4ccc5c(c4)C(C)(C)c4ccccc4-5)c4ccccc4-c4ccc(-c5ccccc5)cc4)cc3)cc2)cc1.CCc1ccc2c(c1)c1cc(CC)ccc1n2-c1ccc(-c2ccc(-c3ccc(N(c4ccc5c(c4)C(c4ccccc4)(c4ccccc4)c4ccccc4-5)c4ccccc4-c4ccc(-c5ccccc5)cc4)cc3)cc2)cc1. The molecule has 0 amide bonds. The zero-order chi connectivity index (χ0) is 99.5. The summed E-state index contributed by atoms with van der Waals surface area (Å²) in [5.41, 5.74) is 50.8. The zero-order valence-corrected chi connectivity index (χ0v) is 84.3. The first-order valence-corrected chi connectivity index (χ1v) is 52.4. The Morgan fingerprint density at radius 3 is 0.764 bits per heavy atom. The van der Waals surface area contributed by atoms with Gasteiger partial charge in [0.1, 0.15) is 0 Å². The fraction of sp³-hybridized carbons (Fsp3) is 0.0833. The molecule has 0 bridgehead atoms. The van der Waals surface area contributed by atoms with Crippen LogP contribution < -0.4 is 9.80 Å². The Balaban J connectivity index is 0.000000155. The predicted molar refractivity (Wildman–Crippen MR) is 627 cm³/mol. The highest BCUT2D eigenvalue weighted by Crippen LogP contribution is 2.59. The van der Waals surface area contributed by atoms with Gasteiger partial charge in [-0.3, -0.25) is 0 Å². The Kier molecular flexibility index (Phi) is 23.8. The Labute approximate surface area is 868 Å². The van der Waals surface area contributed by atoms with E-state index in [1.165, 1.54) is 205 Å². The number of aromatic nitrogens is 2. The Hall–Kier alpha value is -18.0. The lowest BCUT2D eigenvalue weighted by molar-refractivity contribution is 0.660. The van der Waals surface area contributed by atoms with Crippen LogP contribution in [-0.2, 0) is 36.5 Å². The van der Waals surface area contributed by atoms with Gasteiger partial charge in [0.05, 0.1) is 38.9 Å². The fourth-order valence-corrected chi connectivity index (χ4v) is 23.6. The number of hydrogen-bond acceptors (Lipinski definition) is 2. The van der Waals surface area contributed by atoms with E-state index < -0.39 is 5.41 Å². The molecule has 2 heterocycles. The summed E-state index contributed by atoms with van der Waals surface area (Å²) in [4.78, 5) is 4.91. The molecule has 0 atom stereocenters. The Morgan fingerprint density at radius 2 is 0.426 bits per heavy atom. The van der Waals surface area contributed by atoms with Crippen LogP contribution in [0.5, 0.6) is 0 Å². The largest absolute Gasteiger partial charge is 0.310 e. The summed E-state index contributed by atoms with van der Waals surface area (Å²) in [5, 5.41) is 5.30. The zero-order valence-electron chi connectivity index (χ0n) is 84.3. The van der Waals surface area contributed by atoms with Gasteiger partial charge in [-0.15, -0.1) is 0 Å². The molecule has 2 aliphatic rings. The van der Waals surface area contributed by atoms with Crippen molar-refractivity contribution in [2.24, 2.45) is 0 Å². The van der Waals surface area contributed by atoms with Gasteiger partial charge in [-0.25, -0.2) is 0 Å². The van der Waals surface area contributed by atoms with Crippen LogP contribution in [0.25, 0.3) is 166 Å². The van der Waals surface area contributed by atoms with Gasteiger partial charge in [-0.05, 0) is 315 Å². The summed E-state index contributed by atoms with van der Waals surface area (Å²) in [6, 6.07) is 194. The quantitative estimate of drug-likeness (QED) is 0.0672. The molecule has 0 fully saturated rings. The van der Waals surface area contributed by atoms with Crippen LogP contribution in [0.3, 0.4) is 0 Å². The predicted octanol–water partition coefficient (Wildman–Crippen LogP) is 38.8. The lowest BCUT2D eigenvalue weighted by atomic mass is 9.67. The number of fused-ring (bicyclic) bond motifs is 12. The standard InChI is InChI=1S/C77H58N2.C67H54N2/c1-3-53-28-48-75-70(50-53)71-51-54(4-2)29-49-76(71)79(75)65-44-40-60(41-45-65)58-32-30-57(31-33-58)59-38-42-64(43-39-59)78(74-27-17-15-24-67(74)61-36-34-56(35-37-61)55-18-8-5-9-19-55)66-46-47-69-68-25-14-16-26-72(68)77(73(69)52-66,62-20-10-6-11-21-62)63-22-12-7-13-23-63;1-5-45-20-40-65-60(42-45)61-43-46(6-2)21-41-66(61)69(65)55-36-32-52(33-37-55)50-24-22-49(23-25-50)51-30-34-54(35-31-51)68(56-38-39-59-58-17-10-12-18-62(58)67(3,4)63(59)44-56)64-19-13-11-16-57(64)53-28-26-48(27-29-53)47-14-8-7-9-15-47/h5-52H,3-4H2,1-2H3;7-44H,5-6H2,1-4H3. The van der Waals surface area contributed by atoms with Crippen molar-refractivity contribution in [2.75, 3.05) is 9.80 Å². The molecule has 2 aromatic heterocycles. The van der Waals surface area contributed by atoms with E-state index >= 15 is 0 Å². The second-order valence-corrected chi connectivity index (χ2v) is 40.1. The summed E-state index contributed by atoms with van der Waals surface area (Å²) in [5.74, 6) is 0. The highest BCUT2D eigenvalue weighted by molar-refractivity contribution is 6.11. The van der Waals surface area contributed by atoms with Crippen LogP contribution in [0.15, 0.2) is 522 Å². The summed E-state index contributed by atoms with van der Waals surface area (Å²) in [7, 11) is 0. The van der Waals surface area contributed by atoms with Gasteiger partial charge < -0.3 is 18.9 Å². The van der Waals surface area contributed by atoms with E-state index in [1.807, 2.05) is 0 Å². The topological polar surface area (TPSA) is 16.3 Å². The van der Waals surface area contributed by atoms with Crippen molar-refractivity contribution in [1.82, 2.24) is 9.13 Å². The normalized spacial score (nSPS) is 12.5. The molecule has 4 heteroatoms. The van der Waals surface area contributed by atoms with E-state index in [0.29, 0.717) is 0 Å². The fourth-order valence-electron chi connectivity index (χ4n) is 23.6. The van der Waals surface area contributed by atoms with Crippen LogP contribution >= 0.6 is 0 Å². The van der Waals surface area contributed by atoms with Crippen molar-refractivity contribution >= 4 is 77.7 Å². The molecule has 0 N–H and O–H groups in total. The van der Waals surface area contributed by atoms with Gasteiger partial charge in [0, 0.05) is 72.2 Å². The first kappa shape index (κ1) is 91.3. The second kappa shape index (κ2) is 38.6. The molecule has 0 saturated heterocycles. The molecular formula is C144H112N4. The van der Waals surface area contributed by atoms with Crippen LogP contribution in [0, 0.1) is 0 Å². The van der Waals surface area contributed by atoms with Crippen molar-refractivity contribution in [3.63, 3.8) is 0 Å². The third-order valence-electron chi connectivity index (χ3n) is 31.4. The maximum atomic E-state index is 2.47. The van der Waals surface area contributed by atoms with Crippen LogP contribution in [0.2, 0.25) is 0 Å². The molecule has 708 valence electrons. The van der Waals surface area contributed by atoms with E-state index in [9.17, 15) is 0 Å². The first-order chi connectivity index (χ1) is 72.9. The first-order valence-electron chi connectivity index (χ1n) is 52.4. The van der Waals surface area contributed by atoms with Gasteiger partial charge in [-0.1, -0.05) is 430 Å². The minimum atomic E-state index is -0.537. The number of aryl methyl sites for hydroxylation is 4. The summed E-state index contributed by atoms with van der Waals surface area (Å²) < 4.78 is 4.85. The van der Waals surface area contributed by atoms with Crippen LogP contribution in [0.1, 0.15) is 97.2 Å². The average Bonchev–Trinajstić information content (AvgIpc) is 1.53. The molecule has 0 unspecified atom stereocenters. The van der Waals surface area contributed by atoms with Gasteiger partial charge in [-0.2, -0.15) is 0 Å². The number of rotatable bonds is 22. The summed E-state index contributed by atoms with van der Waals surface area (Å²) in [6.45, 7) is 13.7. The molecule has 0 radical (unpaired) electrons. The maximum Gasteiger partial charge on any atom is 0.0714 e. The molecule has 24 aromatic rings. The van der Waals surface area contributed by atoms with Crippen LogP contribution in [0.4, 0.5) is 34.1 Å². The summed E-state index contributed by atoms with van der Waals surface area (Å²) >= 11 is 0. The second-order valence-electron chi connectivity index (χ2n) is 40.1. The van der Waals surface area contributed by atoms with Crippen LogP contribution in [-0.4, -0.2) is 9.13 Å². The van der Waals surface area contributed by atoms with Crippen molar-refractivity contribution < 1.29 is 0 Å². The van der Waals surface area contributed by atoms with Gasteiger partial charge in [0.25, 0.3) is 0 Å². The monoisotopic (exact) mass is 1900 g/mol. The maximum absolute atomic E-state index is 2.47. The average molecular weight is 1900 g/mol. The highest BCUT2D eigenvalue weighted by atomic mass is 15.2. The third-order valence-corrected chi connectivity index (χ3v) is 31.4. The van der Waals surface area contributed by atoms with E-state index in [0.717, 1.165) is 76.5 Å². The minimum absolute atomic E-state index is 0.122. The van der Waals surface area contributed by atoms with Gasteiger partial charge >= 0.3 is 0 Å². The number of anilines is 6. The Bertz CT molecular complexity index is 8890. The molecule has 4 nitrogen and oxygen atoms in total. The molecule has 26 rings (SSSR count). The molecule has 0 aliphatic heterocycles. The molecule has 0 saturated carbocycles. The van der Waals surface area contributed by atoms with E-state index in [1.54, 1.807) is 0 Å². The highest BCUT2D eigenvalue weighted by Gasteiger charge is 2.47.